The molecule has 12 heteroatoms. The van der Waals surface area contributed by atoms with Crippen LogP contribution in [0.5, 0.6) is 0 Å². The highest BCUT2D eigenvalue weighted by Crippen LogP contribution is 2.46. The summed E-state index contributed by atoms with van der Waals surface area (Å²) >= 11 is 0. The first-order valence-corrected chi connectivity index (χ1v) is 14.5. The van der Waals surface area contributed by atoms with Gasteiger partial charge in [-0.15, -0.1) is 0 Å². The highest BCUT2D eigenvalue weighted by Gasteiger charge is 2.50. The van der Waals surface area contributed by atoms with Crippen LogP contribution in [-0.2, 0) is 33.3 Å². The SMILES string of the molecule is CCOC(=O)C1=C(C)N(C2O[C@H](CO)[C@H](O)[C@H](O)[C@H]2O)C(C)=C(C(=O)OCC)C1c1ccccc1/C=C/C(=O)OC(C)(C)C. The molecule has 0 aromatic heterocycles. The van der Waals surface area contributed by atoms with Crippen molar-refractivity contribution in [2.75, 3.05) is 19.8 Å². The number of hydrogen-bond acceptors (Lipinski definition) is 12. The van der Waals surface area contributed by atoms with E-state index in [1.165, 1.54) is 17.1 Å². The molecule has 1 aromatic carbocycles. The van der Waals surface area contributed by atoms with Crippen LogP contribution >= 0.6 is 0 Å². The lowest BCUT2D eigenvalue weighted by Gasteiger charge is -2.48. The van der Waals surface area contributed by atoms with Crippen molar-refractivity contribution in [2.24, 2.45) is 0 Å². The first kappa shape index (κ1) is 34.9. The van der Waals surface area contributed by atoms with E-state index in [1.807, 2.05) is 0 Å². The van der Waals surface area contributed by atoms with Crippen LogP contribution in [0, 0.1) is 0 Å². The van der Waals surface area contributed by atoms with Gasteiger partial charge in [-0.2, -0.15) is 0 Å². The topological polar surface area (TPSA) is 172 Å². The third-order valence-electron chi connectivity index (χ3n) is 7.30. The second-order valence-corrected chi connectivity index (χ2v) is 11.5. The molecular weight excluding hydrogens is 574 g/mol. The second-order valence-electron chi connectivity index (χ2n) is 11.5. The maximum Gasteiger partial charge on any atom is 0.336 e. The maximum absolute atomic E-state index is 13.7. The van der Waals surface area contributed by atoms with E-state index in [0.29, 0.717) is 11.1 Å². The van der Waals surface area contributed by atoms with Crippen molar-refractivity contribution in [3.8, 4) is 0 Å². The molecule has 2 aliphatic heterocycles. The number of aliphatic hydroxyl groups is 4. The number of carbonyl (C=O) groups is 3. The van der Waals surface area contributed by atoms with E-state index in [-0.39, 0.29) is 35.8 Å². The quantitative estimate of drug-likeness (QED) is 0.180. The van der Waals surface area contributed by atoms with Gasteiger partial charge in [0.1, 0.15) is 30.0 Å². The van der Waals surface area contributed by atoms with Gasteiger partial charge in [-0.1, -0.05) is 24.3 Å². The van der Waals surface area contributed by atoms with E-state index in [1.54, 1.807) is 72.7 Å². The van der Waals surface area contributed by atoms with Crippen molar-refractivity contribution < 1.29 is 53.8 Å². The minimum absolute atomic E-state index is 0.0139. The Bertz CT molecular complexity index is 1280. The summed E-state index contributed by atoms with van der Waals surface area (Å²) in [5.74, 6) is -3.15. The van der Waals surface area contributed by atoms with Crippen molar-refractivity contribution >= 4 is 24.0 Å². The molecular formula is C32H43NO11. The van der Waals surface area contributed by atoms with Gasteiger partial charge in [0.15, 0.2) is 6.23 Å². The molecule has 0 radical (unpaired) electrons. The lowest BCUT2D eigenvalue weighted by Crippen LogP contribution is -2.63. The lowest BCUT2D eigenvalue weighted by atomic mass is 9.77. The molecule has 0 spiro atoms. The number of nitrogens with zero attached hydrogens (tertiary/aromatic N) is 1. The zero-order valence-electron chi connectivity index (χ0n) is 26.1. The number of rotatable bonds is 9. The van der Waals surface area contributed by atoms with Crippen LogP contribution in [0.2, 0.25) is 0 Å². The van der Waals surface area contributed by atoms with Gasteiger partial charge in [0.05, 0.1) is 36.9 Å². The number of benzene rings is 1. The van der Waals surface area contributed by atoms with Gasteiger partial charge in [-0.3, -0.25) is 0 Å². The van der Waals surface area contributed by atoms with E-state index in [9.17, 15) is 34.8 Å². The Morgan fingerprint density at radius 3 is 1.95 bits per heavy atom. The Morgan fingerprint density at radius 1 is 0.909 bits per heavy atom. The first-order valence-electron chi connectivity index (χ1n) is 14.5. The zero-order valence-corrected chi connectivity index (χ0v) is 26.1. The molecule has 2 heterocycles. The molecule has 4 N–H and O–H groups in total. The molecule has 2 aliphatic rings. The maximum atomic E-state index is 13.7. The summed E-state index contributed by atoms with van der Waals surface area (Å²) in [5, 5.41) is 41.7. The number of hydrogen-bond donors (Lipinski definition) is 4. The average Bonchev–Trinajstić information content (AvgIpc) is 2.95. The Morgan fingerprint density at radius 2 is 1.45 bits per heavy atom. The highest BCUT2D eigenvalue weighted by molar-refractivity contribution is 6.00. The van der Waals surface area contributed by atoms with Gasteiger partial charge in [0.25, 0.3) is 0 Å². The fraction of sp³-hybridized carbons (Fsp3) is 0.531. The second kappa shape index (κ2) is 14.5. The average molecular weight is 618 g/mol. The number of aliphatic hydroxyl groups excluding tert-OH is 4. The molecule has 3 rings (SSSR count). The summed E-state index contributed by atoms with van der Waals surface area (Å²) in [6, 6.07) is 6.89. The molecule has 0 amide bonds. The van der Waals surface area contributed by atoms with Crippen molar-refractivity contribution in [3.05, 3.63) is 64.0 Å². The fourth-order valence-corrected chi connectivity index (χ4v) is 5.43. The molecule has 1 fully saturated rings. The first-order chi connectivity index (χ1) is 20.7. The lowest BCUT2D eigenvalue weighted by molar-refractivity contribution is -0.256. The third-order valence-corrected chi connectivity index (χ3v) is 7.30. The third kappa shape index (κ3) is 7.39. The molecule has 1 aromatic rings. The van der Waals surface area contributed by atoms with Crippen molar-refractivity contribution in [3.63, 3.8) is 0 Å². The number of ether oxygens (including phenoxy) is 4. The summed E-state index contributed by atoms with van der Waals surface area (Å²) in [6.45, 7) is 11.0. The van der Waals surface area contributed by atoms with E-state index in [0.717, 1.165) is 0 Å². The summed E-state index contributed by atoms with van der Waals surface area (Å²) in [4.78, 5) is 41.3. The van der Waals surface area contributed by atoms with Crippen molar-refractivity contribution in [1.29, 1.82) is 0 Å². The van der Waals surface area contributed by atoms with E-state index < -0.39 is 66.7 Å². The number of carbonyl (C=O) groups excluding carboxylic acids is 3. The van der Waals surface area contributed by atoms with Gasteiger partial charge < -0.3 is 44.3 Å². The monoisotopic (exact) mass is 617 g/mol. The zero-order chi connectivity index (χ0) is 32.9. The Balaban J connectivity index is 2.29. The summed E-state index contributed by atoms with van der Waals surface area (Å²) in [5.41, 5.74) is 0.778. The van der Waals surface area contributed by atoms with Crippen LogP contribution in [0.15, 0.2) is 52.9 Å². The molecule has 1 saturated heterocycles. The summed E-state index contributed by atoms with van der Waals surface area (Å²) in [6.07, 6.45) is -4.90. The molecule has 12 nitrogen and oxygen atoms in total. The Labute approximate surface area is 257 Å². The van der Waals surface area contributed by atoms with Crippen LogP contribution in [0.25, 0.3) is 6.08 Å². The molecule has 44 heavy (non-hydrogen) atoms. The molecule has 0 bridgehead atoms. The van der Waals surface area contributed by atoms with Gasteiger partial charge in [-0.25, -0.2) is 14.4 Å². The molecule has 1 unspecified atom stereocenters. The molecule has 0 saturated carbocycles. The van der Waals surface area contributed by atoms with Crippen molar-refractivity contribution in [2.45, 2.75) is 90.6 Å². The van der Waals surface area contributed by atoms with Crippen LogP contribution in [0.1, 0.15) is 65.5 Å². The number of esters is 3. The van der Waals surface area contributed by atoms with E-state index in [4.69, 9.17) is 18.9 Å². The minimum Gasteiger partial charge on any atom is -0.463 e. The standard InChI is InChI=1S/C32H43NO11/c1-8-41-30(39)23-17(3)33(29-28(38)27(37)26(36)21(16-34)43-29)18(4)24(31(40)42-9-2)25(23)20-13-11-10-12-19(20)14-15-22(35)44-32(5,6)7/h10-15,21,25-29,34,36-38H,8-9,16H2,1-7H3/b15-14+/t21-,26+,27+,28-,29?/m1/s1. The summed E-state index contributed by atoms with van der Waals surface area (Å²) in [7, 11) is 0. The normalized spacial score (nSPS) is 25.0. The molecule has 242 valence electrons. The van der Waals surface area contributed by atoms with Gasteiger partial charge in [-0.05, 0) is 65.7 Å². The summed E-state index contributed by atoms with van der Waals surface area (Å²) < 4.78 is 22.1. The fourth-order valence-electron chi connectivity index (χ4n) is 5.43. The van der Waals surface area contributed by atoms with Crippen LogP contribution in [-0.4, -0.2) is 99.3 Å². The van der Waals surface area contributed by atoms with Crippen LogP contribution < -0.4 is 0 Å². The minimum atomic E-state index is -1.71. The largest absolute Gasteiger partial charge is 0.463 e. The van der Waals surface area contributed by atoms with Crippen molar-refractivity contribution in [1.82, 2.24) is 4.90 Å². The van der Waals surface area contributed by atoms with E-state index >= 15 is 0 Å². The molecule has 0 aliphatic carbocycles. The van der Waals surface area contributed by atoms with Gasteiger partial charge in [0, 0.05) is 17.5 Å². The Hall–Kier alpha value is -3.55. The number of allylic oxidation sites excluding steroid dienone is 2. The smallest absolute Gasteiger partial charge is 0.336 e. The van der Waals surface area contributed by atoms with Gasteiger partial charge >= 0.3 is 17.9 Å². The van der Waals surface area contributed by atoms with Crippen LogP contribution in [0.4, 0.5) is 0 Å². The van der Waals surface area contributed by atoms with E-state index in [2.05, 4.69) is 0 Å². The van der Waals surface area contributed by atoms with Crippen LogP contribution in [0.3, 0.4) is 0 Å². The molecule has 5 atom stereocenters. The van der Waals surface area contributed by atoms with Gasteiger partial charge in [0.2, 0.25) is 0 Å². The predicted molar refractivity (Wildman–Crippen MR) is 158 cm³/mol. The predicted octanol–water partition coefficient (Wildman–Crippen LogP) is 1.91. The Kier molecular flexibility index (Phi) is 11.5. The highest BCUT2D eigenvalue weighted by atomic mass is 16.6.